The maximum absolute atomic E-state index is 6.00. The van der Waals surface area contributed by atoms with E-state index in [0.29, 0.717) is 0 Å². The molecule has 1 unspecified atom stereocenters. The lowest BCUT2D eigenvalue weighted by Crippen LogP contribution is -2.24. The fraction of sp³-hybridized carbons (Fsp3) is 0.167. The largest absolute Gasteiger partial charge is 0.370 e. The van der Waals surface area contributed by atoms with E-state index in [4.69, 9.17) is 16.7 Å². The second kappa shape index (κ2) is 5.50. The van der Waals surface area contributed by atoms with E-state index in [1.54, 1.807) is 0 Å². The average Bonchev–Trinajstić information content (AvgIpc) is 3.01. The van der Waals surface area contributed by atoms with Crippen LogP contribution in [0.5, 0.6) is 0 Å². The quantitative estimate of drug-likeness (QED) is 0.749. The Balaban J connectivity index is 1.75. The van der Waals surface area contributed by atoms with Crippen molar-refractivity contribution in [2.24, 2.45) is 0 Å². The molecule has 0 aliphatic carbocycles. The van der Waals surface area contributed by atoms with Gasteiger partial charge < -0.3 is 5.32 Å². The zero-order valence-electron chi connectivity index (χ0n) is 12.0. The van der Waals surface area contributed by atoms with Crippen molar-refractivity contribution in [2.45, 2.75) is 12.5 Å². The molecule has 0 bridgehead atoms. The summed E-state index contributed by atoms with van der Waals surface area (Å²) in [7, 11) is 0. The van der Waals surface area contributed by atoms with Gasteiger partial charge in [0, 0.05) is 23.2 Å². The Hall–Kier alpha value is -2.26. The van der Waals surface area contributed by atoms with E-state index in [0.717, 1.165) is 35.1 Å². The van der Waals surface area contributed by atoms with E-state index >= 15 is 0 Å². The molecular formula is C18H16ClN3. The third-order valence-electron chi connectivity index (χ3n) is 4.08. The Morgan fingerprint density at radius 2 is 1.82 bits per heavy atom. The number of hydrogen-bond acceptors (Lipinski definition) is 2. The van der Waals surface area contributed by atoms with Crippen molar-refractivity contribution < 1.29 is 0 Å². The van der Waals surface area contributed by atoms with Gasteiger partial charge in [-0.05, 0) is 24.1 Å². The first kappa shape index (κ1) is 13.4. The predicted molar refractivity (Wildman–Crippen MR) is 90.4 cm³/mol. The number of nitrogens with one attached hydrogen (secondary N) is 1. The summed E-state index contributed by atoms with van der Waals surface area (Å²) >= 11 is 6.00. The minimum atomic E-state index is 0.256. The van der Waals surface area contributed by atoms with Crippen molar-refractivity contribution in [3.8, 4) is 11.3 Å². The van der Waals surface area contributed by atoms with E-state index in [2.05, 4.69) is 40.3 Å². The highest BCUT2D eigenvalue weighted by molar-refractivity contribution is 6.30. The molecule has 22 heavy (non-hydrogen) atoms. The first-order valence-electron chi connectivity index (χ1n) is 7.45. The monoisotopic (exact) mass is 309 g/mol. The molecule has 0 saturated heterocycles. The lowest BCUT2D eigenvalue weighted by molar-refractivity contribution is 0.483. The van der Waals surface area contributed by atoms with Crippen LogP contribution in [0, 0.1) is 0 Å². The summed E-state index contributed by atoms with van der Waals surface area (Å²) in [5, 5.41) is 9.03. The molecule has 1 aliphatic rings. The minimum Gasteiger partial charge on any atom is -0.370 e. The van der Waals surface area contributed by atoms with Crippen molar-refractivity contribution >= 4 is 17.4 Å². The van der Waals surface area contributed by atoms with E-state index < -0.39 is 0 Å². The summed E-state index contributed by atoms with van der Waals surface area (Å²) in [6.45, 7) is 0.952. The molecule has 4 rings (SSSR count). The number of hydrogen-bond donors (Lipinski definition) is 1. The molecule has 3 nitrogen and oxygen atoms in total. The van der Waals surface area contributed by atoms with Crippen LogP contribution in [0.25, 0.3) is 11.3 Å². The predicted octanol–water partition coefficient (Wildman–Crippen LogP) is 4.61. The van der Waals surface area contributed by atoms with Crippen molar-refractivity contribution in [3.05, 3.63) is 71.2 Å². The minimum absolute atomic E-state index is 0.256. The zero-order valence-corrected chi connectivity index (χ0v) is 12.8. The fourth-order valence-corrected chi connectivity index (χ4v) is 3.09. The van der Waals surface area contributed by atoms with E-state index in [1.807, 2.05) is 30.3 Å². The Bertz CT molecular complexity index is 778. The Morgan fingerprint density at radius 1 is 1.05 bits per heavy atom. The van der Waals surface area contributed by atoms with Gasteiger partial charge >= 0.3 is 0 Å². The molecule has 1 atom stereocenters. The second-order valence-electron chi connectivity index (χ2n) is 5.51. The molecule has 1 aromatic heterocycles. The Morgan fingerprint density at radius 3 is 2.59 bits per heavy atom. The van der Waals surface area contributed by atoms with Crippen LogP contribution in [0.15, 0.2) is 60.7 Å². The normalized spacial score (nSPS) is 16.9. The third-order valence-corrected chi connectivity index (χ3v) is 4.33. The van der Waals surface area contributed by atoms with Gasteiger partial charge in [-0.2, -0.15) is 5.10 Å². The standard InChI is InChI=1S/C18H16ClN3/c19-15-8-6-14(7-9-15)17-10-11-20-18-12-16(21-22(17)18)13-4-2-1-3-5-13/h1-9,12,17,20H,10-11H2. The summed E-state index contributed by atoms with van der Waals surface area (Å²) in [6.07, 6.45) is 1.02. The fourth-order valence-electron chi connectivity index (χ4n) is 2.97. The number of fused-ring (bicyclic) bond motifs is 1. The van der Waals surface area contributed by atoms with Gasteiger partial charge in [0.1, 0.15) is 5.82 Å². The number of halogens is 1. The van der Waals surface area contributed by atoms with Gasteiger partial charge in [-0.15, -0.1) is 0 Å². The number of anilines is 1. The van der Waals surface area contributed by atoms with Crippen LogP contribution in [-0.2, 0) is 0 Å². The van der Waals surface area contributed by atoms with Gasteiger partial charge in [0.2, 0.25) is 0 Å². The smallest absolute Gasteiger partial charge is 0.125 e. The van der Waals surface area contributed by atoms with Crippen LogP contribution in [0.4, 0.5) is 5.82 Å². The second-order valence-corrected chi connectivity index (χ2v) is 5.94. The molecule has 2 aromatic carbocycles. The van der Waals surface area contributed by atoms with Crippen LogP contribution < -0.4 is 5.32 Å². The van der Waals surface area contributed by atoms with Crippen LogP contribution >= 0.6 is 11.6 Å². The van der Waals surface area contributed by atoms with Crippen molar-refractivity contribution in [2.75, 3.05) is 11.9 Å². The Labute approximate surface area is 134 Å². The molecule has 3 aromatic rings. The average molecular weight is 310 g/mol. The first-order chi connectivity index (χ1) is 10.8. The van der Waals surface area contributed by atoms with Gasteiger partial charge in [0.15, 0.2) is 0 Å². The van der Waals surface area contributed by atoms with Gasteiger partial charge in [-0.1, -0.05) is 54.1 Å². The molecule has 2 heterocycles. The summed E-state index contributed by atoms with van der Waals surface area (Å²) in [5.74, 6) is 1.07. The molecule has 0 amide bonds. The summed E-state index contributed by atoms with van der Waals surface area (Å²) in [6, 6.07) is 20.7. The van der Waals surface area contributed by atoms with Crippen LogP contribution in [-0.4, -0.2) is 16.3 Å². The molecule has 0 fully saturated rings. The maximum atomic E-state index is 6.00. The molecule has 0 spiro atoms. The molecule has 4 heteroatoms. The van der Waals surface area contributed by atoms with Gasteiger partial charge in [0.05, 0.1) is 11.7 Å². The van der Waals surface area contributed by atoms with Gasteiger partial charge in [-0.25, -0.2) is 4.68 Å². The number of rotatable bonds is 2. The number of aromatic nitrogens is 2. The van der Waals surface area contributed by atoms with Crippen molar-refractivity contribution in [1.82, 2.24) is 9.78 Å². The summed E-state index contributed by atoms with van der Waals surface area (Å²) in [4.78, 5) is 0. The maximum Gasteiger partial charge on any atom is 0.125 e. The van der Waals surface area contributed by atoms with Gasteiger partial charge in [-0.3, -0.25) is 0 Å². The zero-order chi connectivity index (χ0) is 14.9. The first-order valence-corrected chi connectivity index (χ1v) is 7.83. The molecule has 0 saturated carbocycles. The molecular weight excluding hydrogens is 294 g/mol. The topological polar surface area (TPSA) is 29.9 Å². The molecule has 1 N–H and O–H groups in total. The third kappa shape index (κ3) is 2.38. The summed E-state index contributed by atoms with van der Waals surface area (Å²) in [5.41, 5.74) is 3.39. The van der Waals surface area contributed by atoms with E-state index in [9.17, 15) is 0 Å². The molecule has 1 aliphatic heterocycles. The number of nitrogens with zero attached hydrogens (tertiary/aromatic N) is 2. The van der Waals surface area contributed by atoms with Crippen LogP contribution in [0.2, 0.25) is 5.02 Å². The lowest BCUT2D eigenvalue weighted by Gasteiger charge is -2.26. The molecule has 0 radical (unpaired) electrons. The van der Waals surface area contributed by atoms with Crippen LogP contribution in [0.3, 0.4) is 0 Å². The SMILES string of the molecule is Clc1ccc(C2CCNc3cc(-c4ccccc4)nn32)cc1. The highest BCUT2D eigenvalue weighted by atomic mass is 35.5. The molecule has 110 valence electrons. The number of benzene rings is 2. The Kier molecular flexibility index (Phi) is 3.35. The van der Waals surface area contributed by atoms with Crippen molar-refractivity contribution in [1.29, 1.82) is 0 Å². The highest BCUT2D eigenvalue weighted by Gasteiger charge is 2.23. The van der Waals surface area contributed by atoms with E-state index in [1.165, 1.54) is 5.56 Å². The highest BCUT2D eigenvalue weighted by Crippen LogP contribution is 2.32. The van der Waals surface area contributed by atoms with Gasteiger partial charge in [0.25, 0.3) is 0 Å². The lowest BCUT2D eigenvalue weighted by atomic mass is 10.0. The van der Waals surface area contributed by atoms with E-state index in [-0.39, 0.29) is 6.04 Å². The van der Waals surface area contributed by atoms with Crippen molar-refractivity contribution in [3.63, 3.8) is 0 Å². The van der Waals surface area contributed by atoms with Crippen LogP contribution in [0.1, 0.15) is 18.0 Å². The summed E-state index contributed by atoms with van der Waals surface area (Å²) < 4.78 is 2.09.